The molecule has 2 aromatic carbocycles. The van der Waals surface area contributed by atoms with E-state index in [-0.39, 0.29) is 10.8 Å². The highest BCUT2D eigenvalue weighted by Gasteiger charge is 2.37. The maximum atomic E-state index is 9.10. The molecule has 26 heavy (non-hydrogen) atoms. The van der Waals surface area contributed by atoms with E-state index < -0.39 is 0 Å². The summed E-state index contributed by atoms with van der Waals surface area (Å²) < 4.78 is 5.64. The lowest BCUT2D eigenvalue weighted by molar-refractivity contribution is 0.322. The van der Waals surface area contributed by atoms with Gasteiger partial charge in [0.15, 0.2) is 0 Å². The summed E-state index contributed by atoms with van der Waals surface area (Å²) in [6.45, 7) is 11.5. The zero-order chi connectivity index (χ0) is 19.1. The Hall–Kier alpha value is -2.29. The standard InChI is InChI=1S/C23H29NO2/c1-15-12-18-19(23(4,5)11-10-22(18,2)3)13-17(15)21-16(14-24-25)8-7-9-20(21)26-6/h7-9,12-14,25H,10-11H2,1-6H3/b24-14+. The second-order valence-electron chi connectivity index (χ2n) is 8.65. The Balaban J connectivity index is 2.33. The van der Waals surface area contributed by atoms with E-state index in [1.54, 1.807) is 7.11 Å². The first-order valence-corrected chi connectivity index (χ1v) is 9.22. The van der Waals surface area contributed by atoms with Crippen LogP contribution in [0.3, 0.4) is 0 Å². The Morgan fingerprint density at radius 1 is 1.04 bits per heavy atom. The van der Waals surface area contributed by atoms with E-state index in [1.807, 2.05) is 18.2 Å². The average Bonchev–Trinajstić information content (AvgIpc) is 2.59. The second kappa shape index (κ2) is 6.46. The zero-order valence-electron chi connectivity index (χ0n) is 16.7. The summed E-state index contributed by atoms with van der Waals surface area (Å²) in [5.41, 5.74) is 7.36. The van der Waals surface area contributed by atoms with Gasteiger partial charge in [-0.2, -0.15) is 0 Å². The second-order valence-corrected chi connectivity index (χ2v) is 8.65. The molecule has 0 radical (unpaired) electrons. The van der Waals surface area contributed by atoms with Crippen molar-refractivity contribution in [3.63, 3.8) is 0 Å². The monoisotopic (exact) mass is 351 g/mol. The molecule has 0 heterocycles. The summed E-state index contributed by atoms with van der Waals surface area (Å²) in [4.78, 5) is 0. The number of methoxy groups -OCH3 is 1. The Morgan fingerprint density at radius 3 is 2.23 bits per heavy atom. The summed E-state index contributed by atoms with van der Waals surface area (Å²) >= 11 is 0. The van der Waals surface area contributed by atoms with Crippen LogP contribution in [-0.4, -0.2) is 18.5 Å². The van der Waals surface area contributed by atoms with Gasteiger partial charge in [0.05, 0.1) is 13.3 Å². The molecule has 1 aliphatic rings. The molecule has 0 spiro atoms. The van der Waals surface area contributed by atoms with Gasteiger partial charge in [0.25, 0.3) is 0 Å². The van der Waals surface area contributed by atoms with Gasteiger partial charge in [-0.05, 0) is 65.0 Å². The third-order valence-electron chi connectivity index (χ3n) is 5.94. The third-order valence-corrected chi connectivity index (χ3v) is 5.94. The zero-order valence-corrected chi connectivity index (χ0v) is 16.7. The number of benzene rings is 2. The maximum Gasteiger partial charge on any atom is 0.127 e. The fourth-order valence-electron chi connectivity index (χ4n) is 4.17. The van der Waals surface area contributed by atoms with Crippen LogP contribution in [0, 0.1) is 6.92 Å². The fraction of sp³-hybridized carbons (Fsp3) is 0.435. The lowest BCUT2D eigenvalue weighted by Crippen LogP contribution is -2.34. The van der Waals surface area contributed by atoms with E-state index in [4.69, 9.17) is 9.94 Å². The van der Waals surface area contributed by atoms with Crippen molar-refractivity contribution < 1.29 is 9.94 Å². The SMILES string of the molecule is COc1cccc(/C=N/O)c1-c1cc2c(cc1C)C(C)(C)CCC2(C)C. The van der Waals surface area contributed by atoms with Crippen LogP contribution < -0.4 is 4.74 Å². The van der Waals surface area contributed by atoms with Crippen molar-refractivity contribution in [2.45, 2.75) is 58.3 Å². The van der Waals surface area contributed by atoms with Crippen molar-refractivity contribution in [3.05, 3.63) is 52.6 Å². The first kappa shape index (κ1) is 18.5. The van der Waals surface area contributed by atoms with Gasteiger partial charge in [0.2, 0.25) is 0 Å². The van der Waals surface area contributed by atoms with Crippen molar-refractivity contribution in [2.24, 2.45) is 5.16 Å². The summed E-state index contributed by atoms with van der Waals surface area (Å²) in [6, 6.07) is 10.5. The van der Waals surface area contributed by atoms with Gasteiger partial charge >= 0.3 is 0 Å². The Morgan fingerprint density at radius 2 is 1.65 bits per heavy atom. The van der Waals surface area contributed by atoms with Crippen molar-refractivity contribution in [2.75, 3.05) is 7.11 Å². The van der Waals surface area contributed by atoms with Crippen LogP contribution in [0.5, 0.6) is 5.75 Å². The van der Waals surface area contributed by atoms with E-state index in [1.165, 1.54) is 35.7 Å². The van der Waals surface area contributed by atoms with E-state index in [0.29, 0.717) is 0 Å². The predicted molar refractivity (Wildman–Crippen MR) is 108 cm³/mol. The number of hydrogen-bond donors (Lipinski definition) is 1. The maximum absolute atomic E-state index is 9.10. The largest absolute Gasteiger partial charge is 0.496 e. The Kier molecular flexibility index (Phi) is 4.60. The third kappa shape index (κ3) is 3.00. The summed E-state index contributed by atoms with van der Waals surface area (Å²) in [7, 11) is 1.68. The van der Waals surface area contributed by atoms with Crippen LogP contribution in [0.15, 0.2) is 35.5 Å². The lowest BCUT2D eigenvalue weighted by Gasteiger charge is -2.42. The van der Waals surface area contributed by atoms with Crippen LogP contribution in [-0.2, 0) is 10.8 Å². The number of nitrogens with zero attached hydrogens (tertiary/aromatic N) is 1. The van der Waals surface area contributed by atoms with Crippen molar-refractivity contribution in [3.8, 4) is 16.9 Å². The molecule has 3 heteroatoms. The molecule has 1 aliphatic carbocycles. The minimum absolute atomic E-state index is 0.139. The van der Waals surface area contributed by atoms with Gasteiger partial charge in [0.1, 0.15) is 5.75 Å². The van der Waals surface area contributed by atoms with Crippen molar-refractivity contribution in [1.29, 1.82) is 0 Å². The summed E-state index contributed by atoms with van der Waals surface area (Å²) in [6.07, 6.45) is 3.85. The number of ether oxygens (including phenoxy) is 1. The molecule has 3 nitrogen and oxygen atoms in total. The van der Waals surface area contributed by atoms with Crippen molar-refractivity contribution in [1.82, 2.24) is 0 Å². The number of oxime groups is 1. The molecule has 0 saturated carbocycles. The summed E-state index contributed by atoms with van der Waals surface area (Å²) in [5, 5.41) is 12.4. The molecule has 0 unspecified atom stereocenters. The van der Waals surface area contributed by atoms with E-state index in [9.17, 15) is 0 Å². The number of rotatable bonds is 3. The summed E-state index contributed by atoms with van der Waals surface area (Å²) in [5.74, 6) is 0.790. The molecular formula is C23H29NO2. The smallest absolute Gasteiger partial charge is 0.127 e. The average molecular weight is 351 g/mol. The van der Waals surface area contributed by atoms with Crippen LogP contribution in [0.2, 0.25) is 0 Å². The van der Waals surface area contributed by atoms with Crippen LogP contribution in [0.25, 0.3) is 11.1 Å². The first-order chi connectivity index (χ1) is 12.2. The van der Waals surface area contributed by atoms with Gasteiger partial charge in [-0.3, -0.25) is 0 Å². The van der Waals surface area contributed by atoms with E-state index in [2.05, 4.69) is 51.9 Å². The van der Waals surface area contributed by atoms with Crippen molar-refractivity contribution >= 4 is 6.21 Å². The fourth-order valence-corrected chi connectivity index (χ4v) is 4.17. The highest BCUT2D eigenvalue weighted by molar-refractivity contribution is 5.93. The molecule has 2 aromatic rings. The minimum Gasteiger partial charge on any atom is -0.496 e. The molecule has 0 saturated heterocycles. The molecule has 0 aromatic heterocycles. The number of fused-ring (bicyclic) bond motifs is 1. The molecule has 0 atom stereocenters. The highest BCUT2D eigenvalue weighted by atomic mass is 16.5. The molecule has 138 valence electrons. The normalized spacial score (nSPS) is 17.9. The number of aryl methyl sites for hydroxylation is 1. The highest BCUT2D eigenvalue weighted by Crippen LogP contribution is 2.48. The van der Waals surface area contributed by atoms with Gasteiger partial charge in [-0.25, -0.2) is 0 Å². The molecule has 0 amide bonds. The van der Waals surface area contributed by atoms with Gasteiger partial charge in [0, 0.05) is 11.1 Å². The van der Waals surface area contributed by atoms with E-state index >= 15 is 0 Å². The van der Waals surface area contributed by atoms with Gasteiger partial charge in [-0.1, -0.05) is 51.0 Å². The predicted octanol–water partition coefficient (Wildman–Crippen LogP) is 5.83. The molecule has 0 bridgehead atoms. The van der Waals surface area contributed by atoms with Crippen LogP contribution in [0.1, 0.15) is 62.8 Å². The topological polar surface area (TPSA) is 41.8 Å². The van der Waals surface area contributed by atoms with Crippen LogP contribution >= 0.6 is 0 Å². The Labute approximate surface area is 156 Å². The molecule has 3 rings (SSSR count). The van der Waals surface area contributed by atoms with Gasteiger partial charge < -0.3 is 9.94 Å². The molecular weight excluding hydrogens is 322 g/mol. The minimum atomic E-state index is 0.139. The molecule has 0 aliphatic heterocycles. The molecule has 1 N–H and O–H groups in total. The quantitative estimate of drug-likeness (QED) is 0.429. The Bertz CT molecular complexity index is 863. The van der Waals surface area contributed by atoms with Crippen LogP contribution in [0.4, 0.5) is 0 Å². The first-order valence-electron chi connectivity index (χ1n) is 9.22. The van der Waals surface area contributed by atoms with E-state index in [0.717, 1.165) is 22.4 Å². The molecule has 0 fully saturated rings. The lowest BCUT2D eigenvalue weighted by atomic mass is 9.62. The van der Waals surface area contributed by atoms with Gasteiger partial charge in [-0.15, -0.1) is 0 Å². The number of hydrogen-bond acceptors (Lipinski definition) is 3.